The Labute approximate surface area is 154 Å². The van der Waals surface area contributed by atoms with E-state index in [1.807, 2.05) is 26.8 Å². The first kappa shape index (κ1) is 20.8. The average Bonchev–Trinajstić information content (AvgIpc) is 2.56. The lowest BCUT2D eigenvalue weighted by Crippen LogP contribution is -2.50. The summed E-state index contributed by atoms with van der Waals surface area (Å²) in [6.45, 7) is 8.00. The van der Waals surface area contributed by atoms with Crippen LogP contribution in [0.4, 0.5) is 0 Å². The second-order valence-corrected chi connectivity index (χ2v) is 6.68. The fourth-order valence-corrected chi connectivity index (χ4v) is 2.72. The number of benzene rings is 1. The van der Waals surface area contributed by atoms with Crippen LogP contribution in [0.1, 0.15) is 52.5 Å². The average molecular weight is 373 g/mol. The third-order valence-corrected chi connectivity index (χ3v) is 4.77. The summed E-state index contributed by atoms with van der Waals surface area (Å²) in [5, 5.41) is 3.87. The molecule has 0 aliphatic heterocycles. The van der Waals surface area contributed by atoms with Gasteiger partial charge >= 0.3 is 0 Å². The Balaban J connectivity index is 3.02. The van der Waals surface area contributed by atoms with E-state index in [4.69, 9.17) is 23.2 Å². The van der Waals surface area contributed by atoms with E-state index < -0.39 is 6.04 Å². The molecule has 0 aliphatic carbocycles. The van der Waals surface area contributed by atoms with Crippen LogP contribution in [-0.2, 0) is 16.1 Å². The van der Waals surface area contributed by atoms with Gasteiger partial charge in [-0.1, -0.05) is 50.0 Å². The van der Waals surface area contributed by atoms with E-state index in [1.54, 1.807) is 24.0 Å². The summed E-state index contributed by atoms with van der Waals surface area (Å²) >= 11 is 12.0. The second-order valence-electron chi connectivity index (χ2n) is 5.87. The van der Waals surface area contributed by atoms with Gasteiger partial charge in [-0.15, -0.1) is 0 Å². The van der Waals surface area contributed by atoms with Crippen molar-refractivity contribution in [2.75, 3.05) is 0 Å². The third kappa shape index (κ3) is 5.67. The lowest BCUT2D eigenvalue weighted by molar-refractivity contribution is -0.141. The molecule has 0 fully saturated rings. The zero-order valence-corrected chi connectivity index (χ0v) is 16.2. The highest BCUT2D eigenvalue weighted by atomic mass is 35.5. The fraction of sp³-hybridized carbons (Fsp3) is 0.556. The highest BCUT2D eigenvalue weighted by Gasteiger charge is 2.28. The predicted molar refractivity (Wildman–Crippen MR) is 99.3 cm³/mol. The van der Waals surface area contributed by atoms with E-state index >= 15 is 0 Å². The number of amides is 2. The number of nitrogens with one attached hydrogen (secondary N) is 1. The second kappa shape index (κ2) is 9.90. The van der Waals surface area contributed by atoms with Crippen molar-refractivity contribution < 1.29 is 9.59 Å². The van der Waals surface area contributed by atoms with E-state index in [0.29, 0.717) is 29.4 Å². The molecule has 1 aromatic carbocycles. The molecule has 0 aliphatic rings. The number of nitrogens with zero attached hydrogens (tertiary/aromatic N) is 1. The Morgan fingerprint density at radius 3 is 2.29 bits per heavy atom. The Morgan fingerprint density at radius 1 is 1.12 bits per heavy atom. The lowest BCUT2D eigenvalue weighted by Gasteiger charge is -2.31. The van der Waals surface area contributed by atoms with Crippen LogP contribution in [0.3, 0.4) is 0 Å². The molecule has 0 unspecified atom stereocenters. The molecule has 0 radical (unpaired) electrons. The lowest BCUT2D eigenvalue weighted by atomic mass is 10.1. The van der Waals surface area contributed by atoms with Crippen LogP contribution in [0.25, 0.3) is 0 Å². The first-order chi connectivity index (χ1) is 11.3. The molecule has 1 N–H and O–H groups in total. The number of rotatable bonds is 8. The van der Waals surface area contributed by atoms with Crippen molar-refractivity contribution >= 4 is 35.0 Å². The Hall–Kier alpha value is -1.26. The van der Waals surface area contributed by atoms with Crippen LogP contribution in [0.5, 0.6) is 0 Å². The van der Waals surface area contributed by atoms with Gasteiger partial charge in [0.1, 0.15) is 6.04 Å². The Morgan fingerprint density at radius 2 is 1.79 bits per heavy atom. The SMILES string of the molecule is CCC(=O)N(Cc1ccc(Cl)c(Cl)c1)[C@@H](CC)C(=O)N[C@H](C)CC. The summed E-state index contributed by atoms with van der Waals surface area (Å²) in [7, 11) is 0. The largest absolute Gasteiger partial charge is 0.352 e. The van der Waals surface area contributed by atoms with E-state index in [2.05, 4.69) is 5.32 Å². The molecule has 1 rings (SSSR count). The van der Waals surface area contributed by atoms with Crippen molar-refractivity contribution in [1.82, 2.24) is 10.2 Å². The van der Waals surface area contributed by atoms with Gasteiger partial charge in [-0.2, -0.15) is 0 Å². The normalized spacial score (nSPS) is 13.2. The van der Waals surface area contributed by atoms with Gasteiger partial charge in [-0.25, -0.2) is 0 Å². The number of hydrogen-bond donors (Lipinski definition) is 1. The van der Waals surface area contributed by atoms with Crippen molar-refractivity contribution in [3.05, 3.63) is 33.8 Å². The molecule has 0 saturated heterocycles. The fourth-order valence-electron chi connectivity index (χ4n) is 2.40. The molecular weight excluding hydrogens is 347 g/mol. The van der Waals surface area contributed by atoms with Crippen molar-refractivity contribution in [3.63, 3.8) is 0 Å². The van der Waals surface area contributed by atoms with Gasteiger partial charge < -0.3 is 10.2 Å². The summed E-state index contributed by atoms with van der Waals surface area (Å²) < 4.78 is 0. The standard InChI is InChI=1S/C18H26Cl2N2O2/c1-5-12(4)21-18(24)16(6-2)22(17(23)7-3)11-13-8-9-14(19)15(20)10-13/h8-10,12,16H,5-7,11H2,1-4H3,(H,21,24)/t12-,16+/m1/s1. The molecule has 0 heterocycles. The van der Waals surface area contributed by atoms with Crippen molar-refractivity contribution in [2.24, 2.45) is 0 Å². The zero-order valence-electron chi connectivity index (χ0n) is 14.7. The van der Waals surface area contributed by atoms with Gasteiger partial charge in [0, 0.05) is 19.0 Å². The van der Waals surface area contributed by atoms with Gasteiger partial charge in [0.2, 0.25) is 11.8 Å². The third-order valence-electron chi connectivity index (χ3n) is 4.03. The molecule has 6 heteroatoms. The summed E-state index contributed by atoms with van der Waals surface area (Å²) in [6, 6.07) is 4.84. The summed E-state index contributed by atoms with van der Waals surface area (Å²) in [5.74, 6) is -0.180. The minimum Gasteiger partial charge on any atom is -0.352 e. The molecule has 0 bridgehead atoms. The van der Waals surface area contributed by atoms with Crippen molar-refractivity contribution in [3.8, 4) is 0 Å². The maximum absolute atomic E-state index is 12.6. The van der Waals surface area contributed by atoms with E-state index in [0.717, 1.165) is 12.0 Å². The molecule has 1 aromatic rings. The Kier molecular flexibility index (Phi) is 8.57. The first-order valence-corrected chi connectivity index (χ1v) is 9.13. The minimum absolute atomic E-state index is 0.0628. The molecule has 0 aromatic heterocycles. The quantitative estimate of drug-likeness (QED) is 0.733. The van der Waals surface area contributed by atoms with Crippen LogP contribution in [0.15, 0.2) is 18.2 Å². The smallest absolute Gasteiger partial charge is 0.243 e. The van der Waals surface area contributed by atoms with Crippen LogP contribution < -0.4 is 5.32 Å². The molecule has 134 valence electrons. The zero-order chi connectivity index (χ0) is 18.3. The van der Waals surface area contributed by atoms with Crippen LogP contribution in [0.2, 0.25) is 10.0 Å². The molecule has 2 amide bonds. The molecule has 24 heavy (non-hydrogen) atoms. The van der Waals surface area contributed by atoms with E-state index in [1.165, 1.54) is 0 Å². The number of hydrogen-bond acceptors (Lipinski definition) is 2. The van der Waals surface area contributed by atoms with Crippen LogP contribution in [-0.4, -0.2) is 28.8 Å². The minimum atomic E-state index is -0.499. The molecule has 0 spiro atoms. The number of halogens is 2. The van der Waals surface area contributed by atoms with Crippen LogP contribution in [0, 0.1) is 0 Å². The summed E-state index contributed by atoms with van der Waals surface area (Å²) in [5.41, 5.74) is 0.848. The molecule has 0 saturated carbocycles. The van der Waals surface area contributed by atoms with Gasteiger partial charge in [0.25, 0.3) is 0 Å². The predicted octanol–water partition coefficient (Wildman–Crippen LogP) is 4.43. The van der Waals surface area contributed by atoms with Gasteiger partial charge in [-0.05, 0) is 37.5 Å². The molecular formula is C18H26Cl2N2O2. The molecule has 4 nitrogen and oxygen atoms in total. The van der Waals surface area contributed by atoms with Gasteiger partial charge in [-0.3, -0.25) is 9.59 Å². The van der Waals surface area contributed by atoms with Crippen molar-refractivity contribution in [2.45, 2.75) is 65.6 Å². The maximum atomic E-state index is 12.6. The van der Waals surface area contributed by atoms with E-state index in [9.17, 15) is 9.59 Å². The monoisotopic (exact) mass is 372 g/mol. The Bertz CT molecular complexity index is 578. The van der Waals surface area contributed by atoms with Crippen LogP contribution >= 0.6 is 23.2 Å². The van der Waals surface area contributed by atoms with E-state index in [-0.39, 0.29) is 17.9 Å². The maximum Gasteiger partial charge on any atom is 0.243 e. The highest BCUT2D eigenvalue weighted by molar-refractivity contribution is 6.42. The topological polar surface area (TPSA) is 49.4 Å². The van der Waals surface area contributed by atoms with Crippen molar-refractivity contribution in [1.29, 1.82) is 0 Å². The van der Waals surface area contributed by atoms with Gasteiger partial charge in [0.15, 0.2) is 0 Å². The summed E-state index contributed by atoms with van der Waals surface area (Å²) in [6.07, 6.45) is 1.74. The first-order valence-electron chi connectivity index (χ1n) is 8.37. The number of carbonyl (C=O) groups is 2. The number of carbonyl (C=O) groups excluding carboxylic acids is 2. The summed E-state index contributed by atoms with van der Waals surface area (Å²) in [4.78, 5) is 26.6. The molecule has 2 atom stereocenters. The highest BCUT2D eigenvalue weighted by Crippen LogP contribution is 2.24. The van der Waals surface area contributed by atoms with Gasteiger partial charge in [0.05, 0.1) is 10.0 Å².